The molecule has 0 saturated heterocycles. The molecular formula is C15H22BrNOS. The molecule has 4 heteroatoms. The Labute approximate surface area is 128 Å². The van der Waals surface area contributed by atoms with Crippen molar-refractivity contribution in [2.24, 2.45) is 5.41 Å². The number of aryl methyl sites for hydroxylation is 1. The minimum absolute atomic E-state index is 0.250. The zero-order valence-electron chi connectivity index (χ0n) is 11.8. The molecule has 1 fully saturated rings. The van der Waals surface area contributed by atoms with Gasteiger partial charge in [0.25, 0.3) is 0 Å². The van der Waals surface area contributed by atoms with Gasteiger partial charge in [0.05, 0.1) is 9.89 Å². The van der Waals surface area contributed by atoms with Crippen LogP contribution in [0, 0.1) is 5.41 Å². The van der Waals surface area contributed by atoms with Crippen LogP contribution in [0.2, 0.25) is 0 Å². The van der Waals surface area contributed by atoms with Crippen molar-refractivity contribution < 1.29 is 4.74 Å². The third-order valence-electron chi connectivity index (χ3n) is 4.95. The van der Waals surface area contributed by atoms with E-state index in [0.717, 1.165) is 6.42 Å². The molecule has 1 aromatic heterocycles. The monoisotopic (exact) mass is 343 g/mol. The van der Waals surface area contributed by atoms with E-state index in [2.05, 4.69) is 41.2 Å². The van der Waals surface area contributed by atoms with Crippen LogP contribution in [-0.2, 0) is 11.2 Å². The Morgan fingerprint density at radius 1 is 1.47 bits per heavy atom. The molecule has 2 aliphatic rings. The van der Waals surface area contributed by atoms with E-state index in [0.29, 0.717) is 18.2 Å². The molecule has 1 saturated carbocycles. The molecule has 3 rings (SSSR count). The highest BCUT2D eigenvalue weighted by Crippen LogP contribution is 2.45. The van der Waals surface area contributed by atoms with Gasteiger partial charge in [0.1, 0.15) is 0 Å². The summed E-state index contributed by atoms with van der Waals surface area (Å²) < 4.78 is 6.82. The van der Waals surface area contributed by atoms with E-state index in [1.54, 1.807) is 4.88 Å². The van der Waals surface area contributed by atoms with Crippen molar-refractivity contribution in [2.75, 3.05) is 7.11 Å². The lowest BCUT2D eigenvalue weighted by Gasteiger charge is -2.52. The van der Waals surface area contributed by atoms with Gasteiger partial charge in [-0.15, -0.1) is 11.3 Å². The first-order chi connectivity index (χ1) is 9.02. The topological polar surface area (TPSA) is 21.3 Å². The number of halogens is 1. The molecule has 3 unspecified atom stereocenters. The fourth-order valence-electron chi connectivity index (χ4n) is 3.51. The molecule has 0 bridgehead atoms. The fraction of sp³-hybridized carbons (Fsp3) is 0.733. The predicted molar refractivity (Wildman–Crippen MR) is 83.8 cm³/mol. The summed E-state index contributed by atoms with van der Waals surface area (Å²) in [6.45, 7) is 4.63. The first kappa shape index (κ1) is 14.1. The van der Waals surface area contributed by atoms with Crippen molar-refractivity contribution in [3.05, 3.63) is 20.3 Å². The number of fused-ring (bicyclic) bond motifs is 1. The SMILES string of the molecule is COC1CC(NC2CCCc3sc(Br)cc32)C1(C)C. The highest BCUT2D eigenvalue weighted by atomic mass is 79.9. The molecule has 2 aliphatic carbocycles. The Balaban J connectivity index is 1.72. The van der Waals surface area contributed by atoms with Gasteiger partial charge < -0.3 is 10.1 Å². The second-order valence-electron chi connectivity index (χ2n) is 6.37. The van der Waals surface area contributed by atoms with Crippen molar-refractivity contribution in [1.82, 2.24) is 5.32 Å². The summed E-state index contributed by atoms with van der Waals surface area (Å²) in [5.74, 6) is 0. The highest BCUT2D eigenvalue weighted by molar-refractivity contribution is 9.11. The highest BCUT2D eigenvalue weighted by Gasteiger charge is 2.49. The van der Waals surface area contributed by atoms with Crippen molar-refractivity contribution in [3.8, 4) is 0 Å². The summed E-state index contributed by atoms with van der Waals surface area (Å²) in [7, 11) is 1.83. The van der Waals surface area contributed by atoms with E-state index in [9.17, 15) is 0 Å². The Kier molecular flexibility index (Phi) is 3.80. The molecule has 19 heavy (non-hydrogen) atoms. The van der Waals surface area contributed by atoms with Gasteiger partial charge in [-0.3, -0.25) is 0 Å². The van der Waals surface area contributed by atoms with E-state index >= 15 is 0 Å². The number of thiophene rings is 1. The molecule has 0 spiro atoms. The second-order valence-corrected chi connectivity index (χ2v) is 8.89. The molecule has 1 aromatic rings. The number of methoxy groups -OCH3 is 1. The molecule has 3 atom stereocenters. The van der Waals surface area contributed by atoms with Crippen molar-refractivity contribution >= 4 is 27.3 Å². The van der Waals surface area contributed by atoms with Gasteiger partial charge in [-0.1, -0.05) is 13.8 Å². The predicted octanol–water partition coefficient (Wildman–Crippen LogP) is 4.29. The second kappa shape index (κ2) is 5.14. The van der Waals surface area contributed by atoms with Crippen LogP contribution in [0.15, 0.2) is 9.85 Å². The van der Waals surface area contributed by atoms with E-state index in [4.69, 9.17) is 4.74 Å². The summed E-state index contributed by atoms with van der Waals surface area (Å²) in [4.78, 5) is 1.57. The smallest absolute Gasteiger partial charge is 0.0704 e. The van der Waals surface area contributed by atoms with Gasteiger partial charge in [-0.2, -0.15) is 0 Å². The third kappa shape index (κ3) is 2.41. The Morgan fingerprint density at radius 2 is 2.26 bits per heavy atom. The maximum absolute atomic E-state index is 5.55. The number of rotatable bonds is 3. The summed E-state index contributed by atoms with van der Waals surface area (Å²) in [6, 6.07) is 3.43. The Morgan fingerprint density at radius 3 is 2.95 bits per heavy atom. The standard InChI is InChI=1S/C15H22BrNOS/c1-15(2)12(8-13(15)18-3)17-10-5-4-6-11-9(10)7-14(16)19-11/h7,10,12-13,17H,4-6,8H2,1-3H3. The molecule has 2 nitrogen and oxygen atoms in total. The van der Waals surface area contributed by atoms with Crippen LogP contribution in [0.25, 0.3) is 0 Å². The van der Waals surface area contributed by atoms with E-state index in [1.165, 1.54) is 28.6 Å². The zero-order valence-corrected chi connectivity index (χ0v) is 14.2. The Bertz CT molecular complexity index is 471. The van der Waals surface area contributed by atoms with Crippen molar-refractivity contribution in [3.63, 3.8) is 0 Å². The molecule has 1 heterocycles. The third-order valence-corrected chi connectivity index (χ3v) is 6.66. The fourth-order valence-corrected chi connectivity index (χ4v) is 5.33. The van der Waals surface area contributed by atoms with Crippen molar-refractivity contribution in [2.45, 2.75) is 57.7 Å². The minimum Gasteiger partial charge on any atom is -0.381 e. The molecular weight excluding hydrogens is 322 g/mol. The van der Waals surface area contributed by atoms with Gasteiger partial charge in [0.15, 0.2) is 0 Å². The van der Waals surface area contributed by atoms with Gasteiger partial charge in [0, 0.05) is 29.5 Å². The van der Waals surface area contributed by atoms with Crippen LogP contribution < -0.4 is 5.32 Å². The first-order valence-electron chi connectivity index (χ1n) is 7.09. The maximum atomic E-state index is 5.55. The lowest BCUT2D eigenvalue weighted by molar-refractivity contribution is -0.101. The van der Waals surface area contributed by atoms with Crippen LogP contribution in [0.4, 0.5) is 0 Å². The molecule has 0 amide bonds. The molecule has 0 radical (unpaired) electrons. The maximum Gasteiger partial charge on any atom is 0.0704 e. The summed E-state index contributed by atoms with van der Waals surface area (Å²) in [6.07, 6.45) is 5.36. The average molecular weight is 344 g/mol. The van der Waals surface area contributed by atoms with E-state index in [-0.39, 0.29) is 5.41 Å². The Hall–Kier alpha value is 0.100. The molecule has 0 aliphatic heterocycles. The summed E-state index contributed by atoms with van der Waals surface area (Å²) >= 11 is 5.53. The summed E-state index contributed by atoms with van der Waals surface area (Å²) in [5.41, 5.74) is 1.78. The summed E-state index contributed by atoms with van der Waals surface area (Å²) in [5, 5.41) is 3.89. The number of hydrogen-bond donors (Lipinski definition) is 1. The quantitative estimate of drug-likeness (QED) is 0.883. The van der Waals surface area contributed by atoms with E-state index < -0.39 is 0 Å². The van der Waals surface area contributed by atoms with Gasteiger partial charge >= 0.3 is 0 Å². The number of ether oxygens (including phenoxy) is 1. The lowest BCUT2D eigenvalue weighted by Crippen LogP contribution is -2.61. The van der Waals surface area contributed by atoms with Gasteiger partial charge in [-0.25, -0.2) is 0 Å². The lowest BCUT2D eigenvalue weighted by atomic mass is 9.64. The van der Waals surface area contributed by atoms with E-state index in [1.807, 2.05) is 18.4 Å². The number of hydrogen-bond acceptors (Lipinski definition) is 3. The van der Waals surface area contributed by atoms with Crippen LogP contribution in [0.3, 0.4) is 0 Å². The normalized spacial score (nSPS) is 32.7. The van der Waals surface area contributed by atoms with Crippen LogP contribution in [-0.4, -0.2) is 19.3 Å². The largest absolute Gasteiger partial charge is 0.381 e. The number of nitrogens with one attached hydrogen (secondary N) is 1. The van der Waals surface area contributed by atoms with Gasteiger partial charge in [-0.05, 0) is 53.2 Å². The average Bonchev–Trinajstić information content (AvgIpc) is 2.74. The molecule has 1 N–H and O–H groups in total. The molecule has 0 aromatic carbocycles. The van der Waals surface area contributed by atoms with Crippen LogP contribution in [0.5, 0.6) is 0 Å². The molecule has 106 valence electrons. The van der Waals surface area contributed by atoms with Crippen LogP contribution in [0.1, 0.15) is 49.6 Å². The van der Waals surface area contributed by atoms with Crippen molar-refractivity contribution in [1.29, 1.82) is 0 Å². The van der Waals surface area contributed by atoms with Crippen LogP contribution >= 0.6 is 27.3 Å². The first-order valence-corrected chi connectivity index (χ1v) is 8.70. The minimum atomic E-state index is 0.250. The zero-order chi connectivity index (χ0) is 13.6. The van der Waals surface area contributed by atoms with Gasteiger partial charge in [0.2, 0.25) is 0 Å².